The van der Waals surface area contributed by atoms with E-state index in [0.717, 1.165) is 44.0 Å². The van der Waals surface area contributed by atoms with E-state index >= 15 is 0 Å². The van der Waals surface area contributed by atoms with Gasteiger partial charge in [-0.2, -0.15) is 0 Å². The first-order valence-corrected chi connectivity index (χ1v) is 7.20. The molecule has 5 nitrogen and oxygen atoms in total. The standard InChI is InChI=1S/C13H23N5/c1-2-5-14-8-11-3-4-12(11)17-6-7-18-10-15-16-13(18)9-17/h10-12,14H,2-9H2,1H3. The fraction of sp³-hybridized carbons (Fsp3) is 0.846. The maximum absolute atomic E-state index is 4.20. The van der Waals surface area contributed by atoms with Gasteiger partial charge < -0.3 is 9.88 Å². The van der Waals surface area contributed by atoms with Crippen molar-refractivity contribution in [2.45, 2.75) is 45.3 Å². The topological polar surface area (TPSA) is 46.0 Å². The third-order valence-electron chi connectivity index (χ3n) is 4.35. The summed E-state index contributed by atoms with van der Waals surface area (Å²) >= 11 is 0. The summed E-state index contributed by atoms with van der Waals surface area (Å²) < 4.78 is 2.18. The minimum absolute atomic E-state index is 0.764. The Kier molecular flexibility index (Phi) is 3.61. The van der Waals surface area contributed by atoms with Crippen LogP contribution in [0.4, 0.5) is 0 Å². The molecule has 0 aromatic carbocycles. The SMILES string of the molecule is CCCNCC1CCC1N1CCn2cnnc2C1. The van der Waals surface area contributed by atoms with E-state index in [1.165, 1.54) is 25.8 Å². The zero-order valence-electron chi connectivity index (χ0n) is 11.2. The number of hydrogen-bond acceptors (Lipinski definition) is 4. The quantitative estimate of drug-likeness (QED) is 0.787. The third-order valence-corrected chi connectivity index (χ3v) is 4.35. The van der Waals surface area contributed by atoms with E-state index in [0.29, 0.717) is 0 Å². The minimum Gasteiger partial charge on any atom is -0.316 e. The maximum atomic E-state index is 4.20. The van der Waals surface area contributed by atoms with Crippen LogP contribution in [0.15, 0.2) is 6.33 Å². The van der Waals surface area contributed by atoms with Crippen LogP contribution in [0.2, 0.25) is 0 Å². The first kappa shape index (κ1) is 12.1. The van der Waals surface area contributed by atoms with Crippen molar-refractivity contribution >= 4 is 0 Å². The van der Waals surface area contributed by atoms with E-state index in [1.807, 2.05) is 6.33 Å². The average Bonchev–Trinajstić information content (AvgIpc) is 2.80. The monoisotopic (exact) mass is 249 g/mol. The highest BCUT2D eigenvalue weighted by Gasteiger charge is 2.36. The Labute approximate surface area is 109 Å². The zero-order valence-corrected chi connectivity index (χ0v) is 11.2. The molecule has 0 spiro atoms. The fourth-order valence-electron chi connectivity index (χ4n) is 3.10. The summed E-state index contributed by atoms with van der Waals surface area (Å²) in [6.45, 7) is 7.74. The van der Waals surface area contributed by atoms with Crippen molar-refractivity contribution in [2.75, 3.05) is 19.6 Å². The molecule has 1 saturated carbocycles. The lowest BCUT2D eigenvalue weighted by atomic mass is 9.78. The Morgan fingerprint density at radius 1 is 1.39 bits per heavy atom. The van der Waals surface area contributed by atoms with E-state index in [9.17, 15) is 0 Å². The molecule has 1 aliphatic heterocycles. The van der Waals surface area contributed by atoms with E-state index in [4.69, 9.17) is 0 Å². The van der Waals surface area contributed by atoms with Crippen molar-refractivity contribution < 1.29 is 0 Å². The van der Waals surface area contributed by atoms with Crippen molar-refractivity contribution in [3.05, 3.63) is 12.2 Å². The molecule has 2 heterocycles. The third kappa shape index (κ3) is 2.29. The van der Waals surface area contributed by atoms with E-state index in [-0.39, 0.29) is 0 Å². The van der Waals surface area contributed by atoms with Crippen LogP contribution in [-0.2, 0) is 13.1 Å². The Bertz CT molecular complexity index is 388. The van der Waals surface area contributed by atoms with Gasteiger partial charge in [-0.1, -0.05) is 6.92 Å². The number of hydrogen-bond donors (Lipinski definition) is 1. The predicted molar refractivity (Wildman–Crippen MR) is 70.1 cm³/mol. The molecule has 1 aromatic heterocycles. The molecule has 100 valence electrons. The van der Waals surface area contributed by atoms with E-state index in [1.54, 1.807) is 0 Å². The van der Waals surface area contributed by atoms with Crippen LogP contribution in [-0.4, -0.2) is 45.3 Å². The average molecular weight is 249 g/mol. The van der Waals surface area contributed by atoms with Crippen LogP contribution < -0.4 is 5.32 Å². The summed E-state index contributed by atoms with van der Waals surface area (Å²) in [5.74, 6) is 1.97. The van der Waals surface area contributed by atoms with Crippen LogP contribution >= 0.6 is 0 Å². The van der Waals surface area contributed by atoms with Gasteiger partial charge in [-0.15, -0.1) is 10.2 Å². The van der Waals surface area contributed by atoms with Crippen LogP contribution in [0.1, 0.15) is 32.0 Å². The first-order chi connectivity index (χ1) is 8.88. The Morgan fingerprint density at radius 3 is 3.11 bits per heavy atom. The second kappa shape index (κ2) is 5.36. The van der Waals surface area contributed by atoms with Gasteiger partial charge in [0, 0.05) is 19.1 Å². The maximum Gasteiger partial charge on any atom is 0.147 e. The molecule has 1 N–H and O–H groups in total. The van der Waals surface area contributed by atoms with Crippen molar-refractivity contribution in [3.63, 3.8) is 0 Å². The van der Waals surface area contributed by atoms with Crippen molar-refractivity contribution in [2.24, 2.45) is 5.92 Å². The van der Waals surface area contributed by atoms with Gasteiger partial charge >= 0.3 is 0 Å². The minimum atomic E-state index is 0.764. The van der Waals surface area contributed by atoms with Crippen LogP contribution in [0.5, 0.6) is 0 Å². The lowest BCUT2D eigenvalue weighted by Gasteiger charge is -2.45. The molecule has 0 saturated heterocycles. The summed E-state index contributed by atoms with van der Waals surface area (Å²) in [6.07, 6.45) is 5.81. The number of aromatic nitrogens is 3. The number of rotatable bonds is 5. The fourth-order valence-corrected chi connectivity index (χ4v) is 3.10. The van der Waals surface area contributed by atoms with Gasteiger partial charge in [-0.05, 0) is 38.3 Å². The summed E-state index contributed by atoms with van der Waals surface area (Å²) in [5, 5.41) is 11.8. The molecule has 2 atom stereocenters. The molecule has 3 rings (SSSR count). The molecule has 0 radical (unpaired) electrons. The second-order valence-electron chi connectivity index (χ2n) is 5.52. The summed E-state index contributed by atoms with van der Waals surface area (Å²) in [5.41, 5.74) is 0. The van der Waals surface area contributed by atoms with Crippen LogP contribution in [0.25, 0.3) is 0 Å². The largest absolute Gasteiger partial charge is 0.316 e. The van der Waals surface area contributed by atoms with E-state index < -0.39 is 0 Å². The van der Waals surface area contributed by atoms with Crippen molar-refractivity contribution in [1.29, 1.82) is 0 Å². The van der Waals surface area contributed by atoms with Gasteiger partial charge in [0.15, 0.2) is 0 Å². The predicted octanol–water partition coefficient (Wildman–Crippen LogP) is 0.872. The van der Waals surface area contributed by atoms with Gasteiger partial charge in [0.2, 0.25) is 0 Å². The van der Waals surface area contributed by atoms with Crippen LogP contribution in [0, 0.1) is 5.92 Å². The molecule has 2 unspecified atom stereocenters. The summed E-state index contributed by atoms with van der Waals surface area (Å²) in [4.78, 5) is 2.60. The number of fused-ring (bicyclic) bond motifs is 1. The van der Waals surface area contributed by atoms with Gasteiger partial charge in [0.25, 0.3) is 0 Å². The zero-order chi connectivity index (χ0) is 12.4. The molecular formula is C13H23N5. The molecule has 18 heavy (non-hydrogen) atoms. The molecule has 0 amide bonds. The molecular weight excluding hydrogens is 226 g/mol. The van der Waals surface area contributed by atoms with Crippen molar-refractivity contribution in [3.8, 4) is 0 Å². The van der Waals surface area contributed by atoms with Crippen LogP contribution in [0.3, 0.4) is 0 Å². The van der Waals surface area contributed by atoms with Gasteiger partial charge in [-0.25, -0.2) is 0 Å². The Hall–Kier alpha value is -0.940. The molecule has 5 heteroatoms. The molecule has 0 bridgehead atoms. The Morgan fingerprint density at radius 2 is 2.33 bits per heavy atom. The molecule has 1 aliphatic carbocycles. The lowest BCUT2D eigenvalue weighted by Crippen LogP contribution is -2.52. The summed E-state index contributed by atoms with van der Waals surface area (Å²) in [7, 11) is 0. The van der Waals surface area contributed by atoms with Gasteiger partial charge in [0.1, 0.15) is 12.2 Å². The normalized spacial score (nSPS) is 27.8. The van der Waals surface area contributed by atoms with Crippen molar-refractivity contribution in [1.82, 2.24) is 25.0 Å². The summed E-state index contributed by atoms with van der Waals surface area (Å²) in [6, 6.07) is 0.764. The smallest absolute Gasteiger partial charge is 0.147 e. The molecule has 1 fully saturated rings. The molecule has 1 aromatic rings. The first-order valence-electron chi connectivity index (χ1n) is 7.20. The highest BCUT2D eigenvalue weighted by molar-refractivity contribution is 4.96. The van der Waals surface area contributed by atoms with Gasteiger partial charge in [-0.3, -0.25) is 4.90 Å². The number of nitrogens with one attached hydrogen (secondary N) is 1. The van der Waals surface area contributed by atoms with Gasteiger partial charge in [0.05, 0.1) is 6.54 Å². The lowest BCUT2D eigenvalue weighted by molar-refractivity contribution is 0.0397. The Balaban J connectivity index is 1.53. The highest BCUT2D eigenvalue weighted by Crippen LogP contribution is 2.33. The second-order valence-corrected chi connectivity index (χ2v) is 5.52. The highest BCUT2D eigenvalue weighted by atomic mass is 15.3. The number of nitrogens with zero attached hydrogens (tertiary/aromatic N) is 4. The van der Waals surface area contributed by atoms with E-state index in [2.05, 4.69) is 31.9 Å². The molecule has 2 aliphatic rings.